The van der Waals surface area contributed by atoms with Gasteiger partial charge >= 0.3 is 5.97 Å². The number of carboxylic acids is 1. The smallest absolute Gasteiger partial charge is 0.338 e. The predicted molar refractivity (Wildman–Crippen MR) is 63.5 cm³/mol. The third kappa shape index (κ3) is 2.09. The molecule has 0 radical (unpaired) electrons. The lowest BCUT2D eigenvalue weighted by Gasteiger charge is -2.09. The molecule has 18 heavy (non-hydrogen) atoms. The molecule has 0 atom stereocenters. The molecule has 2 nitrogen and oxygen atoms in total. The lowest BCUT2D eigenvalue weighted by atomic mass is 9.98. The maximum Gasteiger partial charge on any atom is 0.338 e. The fourth-order valence-corrected chi connectivity index (χ4v) is 1.83. The lowest BCUT2D eigenvalue weighted by molar-refractivity contribution is 0.0692. The zero-order chi connectivity index (χ0) is 13.3. The molecule has 0 heterocycles. The van der Waals surface area contributed by atoms with Crippen molar-refractivity contribution in [1.82, 2.24) is 0 Å². The van der Waals surface area contributed by atoms with Crippen molar-refractivity contribution in [3.63, 3.8) is 0 Å². The summed E-state index contributed by atoms with van der Waals surface area (Å²) >= 11 is 0. The van der Waals surface area contributed by atoms with E-state index in [1.807, 2.05) is 0 Å². The lowest BCUT2D eigenvalue weighted by Crippen LogP contribution is -2.02. The highest BCUT2D eigenvalue weighted by atomic mass is 19.1. The Morgan fingerprint density at radius 1 is 1.11 bits per heavy atom. The second-order valence-electron chi connectivity index (χ2n) is 3.93. The average molecular weight is 248 g/mol. The first-order chi connectivity index (χ1) is 8.50. The molecule has 92 valence electrons. The van der Waals surface area contributed by atoms with Crippen molar-refractivity contribution in [3.8, 4) is 11.1 Å². The van der Waals surface area contributed by atoms with E-state index in [-0.39, 0.29) is 5.56 Å². The van der Waals surface area contributed by atoms with Crippen molar-refractivity contribution in [2.24, 2.45) is 0 Å². The van der Waals surface area contributed by atoms with Crippen LogP contribution in [0.25, 0.3) is 11.1 Å². The number of benzene rings is 2. The van der Waals surface area contributed by atoms with Gasteiger partial charge < -0.3 is 5.11 Å². The Kier molecular flexibility index (Phi) is 3.10. The third-order valence-electron chi connectivity index (χ3n) is 2.71. The molecule has 0 fully saturated rings. The Morgan fingerprint density at radius 3 is 2.44 bits per heavy atom. The summed E-state index contributed by atoms with van der Waals surface area (Å²) in [5.41, 5.74) is 0.803. The highest BCUT2D eigenvalue weighted by molar-refractivity contribution is 5.90. The summed E-state index contributed by atoms with van der Waals surface area (Å²) in [6.07, 6.45) is 0. The minimum Gasteiger partial charge on any atom is -0.478 e. The van der Waals surface area contributed by atoms with Gasteiger partial charge in [0.1, 0.15) is 11.6 Å². The van der Waals surface area contributed by atoms with Gasteiger partial charge in [0.15, 0.2) is 0 Å². The number of rotatable bonds is 2. The van der Waals surface area contributed by atoms with E-state index in [2.05, 4.69) is 0 Å². The average Bonchev–Trinajstić information content (AvgIpc) is 2.30. The van der Waals surface area contributed by atoms with E-state index in [0.717, 1.165) is 0 Å². The molecule has 0 unspecified atom stereocenters. The summed E-state index contributed by atoms with van der Waals surface area (Å²) in [5.74, 6) is -2.54. The van der Waals surface area contributed by atoms with Crippen molar-refractivity contribution < 1.29 is 18.7 Å². The number of aromatic carboxylic acids is 1. The maximum atomic E-state index is 14.0. The van der Waals surface area contributed by atoms with Gasteiger partial charge in [-0.15, -0.1) is 0 Å². The van der Waals surface area contributed by atoms with E-state index in [0.29, 0.717) is 11.1 Å². The van der Waals surface area contributed by atoms with E-state index in [4.69, 9.17) is 5.11 Å². The molecule has 4 heteroatoms. The summed E-state index contributed by atoms with van der Waals surface area (Å²) < 4.78 is 27.0. The molecule has 0 amide bonds. The Morgan fingerprint density at radius 2 is 1.83 bits per heavy atom. The maximum absolute atomic E-state index is 14.0. The number of carbonyl (C=O) groups is 1. The normalized spacial score (nSPS) is 10.4. The third-order valence-corrected chi connectivity index (χ3v) is 2.71. The van der Waals surface area contributed by atoms with Crippen LogP contribution in [0.3, 0.4) is 0 Å². The van der Waals surface area contributed by atoms with E-state index in [1.165, 1.54) is 36.4 Å². The molecule has 0 saturated heterocycles. The van der Waals surface area contributed by atoms with Crippen LogP contribution in [0.4, 0.5) is 8.78 Å². The fraction of sp³-hybridized carbons (Fsp3) is 0.0714. The molecule has 2 rings (SSSR count). The van der Waals surface area contributed by atoms with Gasteiger partial charge in [-0.3, -0.25) is 0 Å². The molecule has 2 aromatic rings. The monoisotopic (exact) mass is 248 g/mol. The summed E-state index contributed by atoms with van der Waals surface area (Å²) in [4.78, 5) is 10.8. The van der Waals surface area contributed by atoms with Gasteiger partial charge in [0.2, 0.25) is 0 Å². The molecule has 0 aliphatic heterocycles. The van der Waals surface area contributed by atoms with Gasteiger partial charge in [0, 0.05) is 5.56 Å². The Bertz CT molecular complexity index is 621. The summed E-state index contributed by atoms with van der Waals surface area (Å²) in [7, 11) is 0. The highest BCUT2D eigenvalue weighted by Gasteiger charge is 2.16. The van der Waals surface area contributed by atoms with Crippen LogP contribution in [0.2, 0.25) is 0 Å². The highest BCUT2D eigenvalue weighted by Crippen LogP contribution is 2.28. The SMILES string of the molecule is Cc1cc(F)ccc1-c1cccc(C(=O)O)c1F. The van der Waals surface area contributed by atoms with Crippen molar-refractivity contribution in [3.05, 3.63) is 59.2 Å². The molecular weight excluding hydrogens is 238 g/mol. The van der Waals surface area contributed by atoms with E-state index >= 15 is 0 Å². The molecular formula is C14H10F2O2. The molecule has 0 bridgehead atoms. The molecule has 0 spiro atoms. The molecule has 0 saturated carbocycles. The van der Waals surface area contributed by atoms with Crippen LogP contribution in [0, 0.1) is 18.6 Å². The van der Waals surface area contributed by atoms with Crippen molar-refractivity contribution in [2.45, 2.75) is 6.92 Å². The molecule has 1 N–H and O–H groups in total. The van der Waals surface area contributed by atoms with Gasteiger partial charge in [-0.1, -0.05) is 18.2 Å². The van der Waals surface area contributed by atoms with Gasteiger partial charge in [-0.05, 0) is 36.2 Å². The topological polar surface area (TPSA) is 37.3 Å². The standard InChI is InChI=1S/C14H10F2O2/c1-8-7-9(15)5-6-10(8)11-3-2-4-12(13(11)16)14(17)18/h2-7H,1H3,(H,17,18). The molecule has 2 aromatic carbocycles. The van der Waals surface area contributed by atoms with Crippen LogP contribution in [-0.4, -0.2) is 11.1 Å². The molecule has 0 aromatic heterocycles. The van der Waals surface area contributed by atoms with Crippen LogP contribution in [0.5, 0.6) is 0 Å². The summed E-state index contributed by atoms with van der Waals surface area (Å²) in [6, 6.07) is 8.07. The number of halogens is 2. The van der Waals surface area contributed by atoms with E-state index < -0.39 is 23.2 Å². The van der Waals surface area contributed by atoms with Crippen LogP contribution in [0.15, 0.2) is 36.4 Å². The molecule has 0 aliphatic carbocycles. The van der Waals surface area contributed by atoms with Crippen LogP contribution in [-0.2, 0) is 0 Å². The van der Waals surface area contributed by atoms with Crippen LogP contribution < -0.4 is 0 Å². The first kappa shape index (κ1) is 12.2. The number of aryl methyl sites for hydroxylation is 1. The number of carboxylic acid groups (broad SMARTS) is 1. The Labute approximate surface area is 103 Å². The number of hydrogen-bond acceptors (Lipinski definition) is 1. The van der Waals surface area contributed by atoms with Crippen molar-refractivity contribution in [1.29, 1.82) is 0 Å². The Balaban J connectivity index is 2.64. The minimum absolute atomic E-state index is 0.160. The van der Waals surface area contributed by atoms with Gasteiger partial charge in [0.25, 0.3) is 0 Å². The van der Waals surface area contributed by atoms with Gasteiger partial charge in [-0.2, -0.15) is 0 Å². The van der Waals surface area contributed by atoms with E-state index in [1.54, 1.807) is 6.92 Å². The first-order valence-corrected chi connectivity index (χ1v) is 5.29. The van der Waals surface area contributed by atoms with Crippen molar-refractivity contribution in [2.75, 3.05) is 0 Å². The molecule has 0 aliphatic rings. The van der Waals surface area contributed by atoms with Crippen LogP contribution >= 0.6 is 0 Å². The Hall–Kier alpha value is -2.23. The zero-order valence-corrected chi connectivity index (χ0v) is 9.58. The zero-order valence-electron chi connectivity index (χ0n) is 9.58. The van der Waals surface area contributed by atoms with Gasteiger partial charge in [-0.25, -0.2) is 13.6 Å². The predicted octanol–water partition coefficient (Wildman–Crippen LogP) is 3.64. The quantitative estimate of drug-likeness (QED) is 0.880. The van der Waals surface area contributed by atoms with Crippen LogP contribution in [0.1, 0.15) is 15.9 Å². The first-order valence-electron chi connectivity index (χ1n) is 5.29. The second kappa shape index (κ2) is 4.56. The minimum atomic E-state index is -1.32. The second-order valence-corrected chi connectivity index (χ2v) is 3.93. The fourth-order valence-electron chi connectivity index (χ4n) is 1.83. The van der Waals surface area contributed by atoms with Crippen molar-refractivity contribution >= 4 is 5.97 Å². The summed E-state index contributed by atoms with van der Waals surface area (Å²) in [5, 5.41) is 8.85. The number of hydrogen-bond donors (Lipinski definition) is 1. The summed E-state index contributed by atoms with van der Waals surface area (Å²) in [6.45, 7) is 1.64. The largest absolute Gasteiger partial charge is 0.478 e. The van der Waals surface area contributed by atoms with E-state index in [9.17, 15) is 13.6 Å². The van der Waals surface area contributed by atoms with Gasteiger partial charge in [0.05, 0.1) is 5.56 Å².